The van der Waals surface area contributed by atoms with Gasteiger partial charge in [-0.3, -0.25) is 14.6 Å². The number of phenols is 2. The predicted molar refractivity (Wildman–Crippen MR) is 195 cm³/mol. The summed E-state index contributed by atoms with van der Waals surface area (Å²) in [6.45, 7) is 5.32. The molecule has 4 N–H and O–H groups in total. The second-order valence-corrected chi connectivity index (χ2v) is 16.1. The first kappa shape index (κ1) is 35.3. The van der Waals surface area contributed by atoms with Gasteiger partial charge < -0.3 is 49.1 Å². The molecule has 0 saturated carbocycles. The zero-order chi connectivity index (χ0) is 38.0. The lowest BCUT2D eigenvalue weighted by molar-refractivity contribution is -0.169. The average Bonchev–Trinajstić information content (AvgIpc) is 3.64. The first-order valence-electron chi connectivity index (χ1n) is 18.1. The Labute approximate surface area is 316 Å². The molecule has 0 amide bonds. The summed E-state index contributed by atoms with van der Waals surface area (Å²) >= 11 is 1.48. The van der Waals surface area contributed by atoms with Crippen molar-refractivity contribution in [1.82, 2.24) is 15.1 Å². The highest BCUT2D eigenvalue weighted by Crippen LogP contribution is 2.63. The van der Waals surface area contributed by atoms with Crippen LogP contribution in [-0.2, 0) is 32.7 Å². The number of hydrogen-bond donors (Lipinski definition) is 4. The summed E-state index contributed by atoms with van der Waals surface area (Å²) in [5.74, 6) is 0.986. The number of aromatic hydroxyl groups is 2. The van der Waals surface area contributed by atoms with Crippen molar-refractivity contribution in [2.24, 2.45) is 0 Å². The molecule has 7 heterocycles. The van der Waals surface area contributed by atoms with Gasteiger partial charge in [0.1, 0.15) is 18.6 Å². The first-order valence-corrected chi connectivity index (χ1v) is 19.1. The van der Waals surface area contributed by atoms with Crippen LogP contribution in [0.3, 0.4) is 0 Å². The van der Waals surface area contributed by atoms with E-state index in [0.29, 0.717) is 70.2 Å². The number of carbonyl (C=O) groups is 2. The molecule has 286 valence electrons. The number of aliphatic hydroxyl groups excluding tert-OH is 1. The second-order valence-electron chi connectivity index (χ2n) is 15.0. The molecule has 7 atom stereocenters. The van der Waals surface area contributed by atoms with Gasteiger partial charge in [0, 0.05) is 47.5 Å². The third-order valence-electron chi connectivity index (χ3n) is 12.3. The quantitative estimate of drug-likeness (QED) is 0.226. The van der Waals surface area contributed by atoms with E-state index in [2.05, 4.69) is 5.32 Å². The zero-order valence-corrected chi connectivity index (χ0v) is 31.7. The van der Waals surface area contributed by atoms with Crippen LogP contribution in [0.5, 0.6) is 40.2 Å². The Kier molecular flexibility index (Phi) is 8.21. The Bertz CT molecular complexity index is 2130. The number of fused-ring (bicyclic) bond motifs is 9. The van der Waals surface area contributed by atoms with Crippen LogP contribution in [0.2, 0.25) is 0 Å². The SMILES string of the molecule is COc1cc2c(cc1O)CCN(C)[C@]21CS[C@@H]2c3c(OC(C)=O)c(C)c4c(c3[C@H](COC1=O)N1C2C2N[C@H](Cc3cc(C)c(OC)c(O)c32)[C@@H]1O)OCO4. The number of piperazine rings is 1. The standard InChI is InChI=1S/C39H43N3O11S/c1-16-9-20-10-22-37(46)42-23-13-50-38(47)39(21-12-25(48-5)24(44)11-19(21)7-8-41(39)4)14-54-36(30(42)29(40-22)26(20)31(45)32(16)49-6)28-27(23)35-34(51-15-52-35)17(2)33(28)53-18(3)43/h9,11-12,22-23,29-30,36-37,40,44-46H,7-8,10,13-15H2,1-6H3/t22-,23+,29?,30?,36-,37+,39-/m1/s1. The second kappa shape index (κ2) is 12.6. The number of ether oxygens (including phenoxy) is 6. The normalized spacial score (nSPS) is 29.4. The number of rotatable bonds is 3. The van der Waals surface area contributed by atoms with Gasteiger partial charge in [-0.2, -0.15) is 0 Å². The lowest BCUT2D eigenvalue weighted by Crippen LogP contribution is -2.69. The molecule has 54 heavy (non-hydrogen) atoms. The number of carbonyl (C=O) groups excluding carboxylic acids is 2. The molecule has 3 aromatic carbocycles. The number of nitrogens with one attached hydrogen (secondary N) is 1. The molecule has 14 nitrogen and oxygen atoms in total. The summed E-state index contributed by atoms with van der Waals surface area (Å²) in [5, 5.41) is 38.2. The number of aryl methyl sites for hydroxylation is 1. The maximum Gasteiger partial charge on any atom is 0.332 e. The summed E-state index contributed by atoms with van der Waals surface area (Å²) in [6, 6.07) is 3.04. The number of thioether (sulfide) groups is 1. The van der Waals surface area contributed by atoms with Crippen LogP contribution < -0.4 is 29.0 Å². The maximum absolute atomic E-state index is 14.9. The summed E-state index contributed by atoms with van der Waals surface area (Å²) in [5.41, 5.74) is 4.39. The van der Waals surface area contributed by atoms with E-state index in [-0.39, 0.29) is 36.4 Å². The minimum absolute atomic E-state index is 0.0173. The number of esters is 2. The van der Waals surface area contributed by atoms with Crippen LogP contribution >= 0.6 is 11.8 Å². The van der Waals surface area contributed by atoms with Gasteiger partial charge >= 0.3 is 11.9 Å². The van der Waals surface area contributed by atoms with Crippen molar-refractivity contribution in [3.63, 3.8) is 0 Å². The minimum Gasteiger partial charge on any atom is -0.504 e. The average molecular weight is 762 g/mol. The minimum atomic E-state index is -1.31. The number of methoxy groups -OCH3 is 2. The van der Waals surface area contributed by atoms with Crippen molar-refractivity contribution >= 4 is 23.7 Å². The van der Waals surface area contributed by atoms with E-state index in [4.69, 9.17) is 28.4 Å². The molecule has 7 aliphatic heterocycles. The maximum atomic E-state index is 14.9. The lowest BCUT2D eigenvalue weighted by Gasteiger charge is -2.59. The predicted octanol–water partition coefficient (Wildman–Crippen LogP) is 3.41. The number of aliphatic hydroxyl groups is 1. The molecular formula is C39H43N3O11S. The van der Waals surface area contributed by atoms with Gasteiger partial charge in [-0.05, 0) is 68.1 Å². The van der Waals surface area contributed by atoms with Gasteiger partial charge in [-0.15, -0.1) is 11.8 Å². The van der Waals surface area contributed by atoms with Crippen molar-refractivity contribution < 1.29 is 53.3 Å². The summed E-state index contributed by atoms with van der Waals surface area (Å²) in [6.07, 6.45) is -0.0425. The van der Waals surface area contributed by atoms with E-state index in [9.17, 15) is 24.9 Å². The molecule has 2 fully saturated rings. The fourth-order valence-corrected chi connectivity index (χ4v) is 11.7. The number of likely N-dealkylation sites (N-methyl/N-ethyl adjacent to an activating group) is 1. The number of hydrogen-bond acceptors (Lipinski definition) is 15. The van der Waals surface area contributed by atoms with Gasteiger partial charge in [0.15, 0.2) is 40.0 Å². The van der Waals surface area contributed by atoms with E-state index in [1.165, 1.54) is 32.9 Å². The molecule has 2 saturated heterocycles. The fraction of sp³-hybridized carbons (Fsp3) is 0.487. The Morgan fingerprint density at radius 1 is 1.02 bits per heavy atom. The van der Waals surface area contributed by atoms with Crippen molar-refractivity contribution in [2.75, 3.05) is 47.0 Å². The number of benzene rings is 3. The van der Waals surface area contributed by atoms with Crippen LogP contribution in [0.15, 0.2) is 18.2 Å². The summed E-state index contributed by atoms with van der Waals surface area (Å²) in [7, 11) is 4.89. The molecule has 3 aromatic rings. The molecule has 0 aliphatic carbocycles. The Balaban J connectivity index is 1.32. The van der Waals surface area contributed by atoms with E-state index in [0.717, 1.165) is 16.7 Å². The third-order valence-corrected chi connectivity index (χ3v) is 13.7. The van der Waals surface area contributed by atoms with Gasteiger partial charge in [0.2, 0.25) is 6.79 Å². The highest BCUT2D eigenvalue weighted by atomic mass is 32.2. The van der Waals surface area contributed by atoms with Crippen molar-refractivity contribution in [3.05, 3.63) is 62.7 Å². The van der Waals surface area contributed by atoms with E-state index in [1.807, 2.05) is 36.8 Å². The first-order chi connectivity index (χ1) is 25.9. The van der Waals surface area contributed by atoms with Crippen LogP contribution in [0.1, 0.15) is 68.8 Å². The van der Waals surface area contributed by atoms with Gasteiger partial charge in [0.05, 0.1) is 37.6 Å². The molecule has 2 unspecified atom stereocenters. The molecule has 1 spiro atoms. The van der Waals surface area contributed by atoms with E-state index >= 15 is 0 Å². The van der Waals surface area contributed by atoms with Crippen LogP contribution in [0.25, 0.3) is 0 Å². The highest BCUT2D eigenvalue weighted by molar-refractivity contribution is 7.99. The number of nitrogens with zero attached hydrogens (tertiary/aromatic N) is 2. The van der Waals surface area contributed by atoms with Gasteiger partial charge in [-0.1, -0.05) is 6.07 Å². The van der Waals surface area contributed by atoms with Gasteiger partial charge in [-0.25, -0.2) is 4.79 Å². The lowest BCUT2D eigenvalue weighted by atomic mass is 9.74. The Morgan fingerprint density at radius 2 is 1.80 bits per heavy atom. The third kappa shape index (κ3) is 4.74. The van der Waals surface area contributed by atoms with Crippen LogP contribution in [0, 0.1) is 13.8 Å². The Morgan fingerprint density at radius 3 is 2.54 bits per heavy atom. The largest absolute Gasteiger partial charge is 0.504 e. The topological polar surface area (TPSA) is 169 Å². The van der Waals surface area contributed by atoms with Crippen LogP contribution in [0.4, 0.5) is 0 Å². The van der Waals surface area contributed by atoms with Crippen LogP contribution in [-0.4, -0.2) is 102 Å². The highest BCUT2D eigenvalue weighted by Gasteiger charge is 2.60. The fourth-order valence-electron chi connectivity index (χ4n) is 9.90. The van der Waals surface area contributed by atoms with E-state index in [1.54, 1.807) is 12.1 Å². The smallest absolute Gasteiger partial charge is 0.332 e. The molecule has 0 radical (unpaired) electrons. The molecule has 15 heteroatoms. The molecule has 7 aliphatic rings. The van der Waals surface area contributed by atoms with Crippen molar-refractivity contribution in [2.45, 2.75) is 74.8 Å². The Hall–Kier alpha value is -4.41. The monoisotopic (exact) mass is 761 g/mol. The zero-order valence-electron chi connectivity index (χ0n) is 30.8. The van der Waals surface area contributed by atoms with E-state index < -0.39 is 53.1 Å². The van der Waals surface area contributed by atoms with Crippen molar-refractivity contribution in [1.29, 1.82) is 0 Å². The molecule has 10 rings (SSSR count). The number of phenolic OH excluding ortho intramolecular Hbond substituents is 2. The molecule has 4 bridgehead atoms. The van der Waals surface area contributed by atoms with Gasteiger partial charge in [0.25, 0.3) is 0 Å². The summed E-state index contributed by atoms with van der Waals surface area (Å²) in [4.78, 5) is 31.7. The van der Waals surface area contributed by atoms with Crippen molar-refractivity contribution in [3.8, 4) is 40.2 Å². The summed E-state index contributed by atoms with van der Waals surface area (Å²) < 4.78 is 36.0. The molecular weight excluding hydrogens is 719 g/mol. The molecule has 0 aromatic heterocycles.